The Bertz CT molecular complexity index is 976. The predicted molar refractivity (Wildman–Crippen MR) is 97.3 cm³/mol. The quantitative estimate of drug-likeness (QED) is 0.522. The molecule has 4 rings (SSSR count). The van der Waals surface area contributed by atoms with Crippen molar-refractivity contribution in [2.75, 3.05) is 0 Å². The molecule has 4 nitrogen and oxygen atoms in total. The molecular weight excluding hydrogens is 334 g/mol. The van der Waals surface area contributed by atoms with Crippen LogP contribution in [0.2, 0.25) is 0 Å². The third kappa shape index (κ3) is 3.07. The SMILES string of the molecule is C[C@@H](OC(=O)c1ccc2ncsc2c1)C(=O)c1ccc2c(c1)CCC2. The number of aryl methyl sites for hydroxylation is 2. The molecule has 1 aliphatic carbocycles. The van der Waals surface area contributed by atoms with Crippen molar-refractivity contribution >= 4 is 33.3 Å². The summed E-state index contributed by atoms with van der Waals surface area (Å²) < 4.78 is 6.32. The molecule has 2 aromatic carbocycles. The van der Waals surface area contributed by atoms with Gasteiger partial charge in [-0.3, -0.25) is 4.79 Å². The minimum atomic E-state index is -0.816. The molecule has 0 bridgehead atoms. The van der Waals surface area contributed by atoms with E-state index in [0.29, 0.717) is 11.1 Å². The van der Waals surface area contributed by atoms with Crippen LogP contribution in [-0.4, -0.2) is 22.8 Å². The molecule has 0 aliphatic heterocycles. The van der Waals surface area contributed by atoms with E-state index < -0.39 is 12.1 Å². The van der Waals surface area contributed by atoms with Crippen molar-refractivity contribution in [2.24, 2.45) is 0 Å². The molecule has 0 saturated heterocycles. The van der Waals surface area contributed by atoms with Crippen LogP contribution in [0.15, 0.2) is 41.9 Å². The van der Waals surface area contributed by atoms with E-state index in [1.54, 1.807) is 30.6 Å². The second-order valence-electron chi connectivity index (χ2n) is 6.28. The van der Waals surface area contributed by atoms with Crippen molar-refractivity contribution < 1.29 is 14.3 Å². The average Bonchev–Trinajstić information content (AvgIpc) is 3.28. The minimum Gasteiger partial charge on any atom is -0.451 e. The van der Waals surface area contributed by atoms with Gasteiger partial charge in [0, 0.05) is 5.56 Å². The molecule has 1 atom stereocenters. The third-order valence-electron chi connectivity index (χ3n) is 4.60. The van der Waals surface area contributed by atoms with E-state index in [4.69, 9.17) is 4.74 Å². The van der Waals surface area contributed by atoms with Crippen LogP contribution >= 0.6 is 11.3 Å². The number of thiazole rings is 1. The minimum absolute atomic E-state index is 0.165. The summed E-state index contributed by atoms with van der Waals surface area (Å²) in [7, 11) is 0. The number of fused-ring (bicyclic) bond motifs is 2. The summed E-state index contributed by atoms with van der Waals surface area (Å²) in [5.41, 5.74) is 6.19. The van der Waals surface area contributed by atoms with Crippen molar-refractivity contribution in [2.45, 2.75) is 32.3 Å². The number of ether oxygens (including phenoxy) is 1. The number of nitrogens with zero attached hydrogens (tertiary/aromatic N) is 1. The Labute approximate surface area is 149 Å². The van der Waals surface area contributed by atoms with Gasteiger partial charge in [0.25, 0.3) is 0 Å². The van der Waals surface area contributed by atoms with Crippen LogP contribution in [0.3, 0.4) is 0 Å². The van der Waals surface area contributed by atoms with Crippen LogP contribution in [-0.2, 0) is 17.6 Å². The van der Waals surface area contributed by atoms with Crippen LogP contribution in [0.5, 0.6) is 0 Å². The first kappa shape index (κ1) is 16.0. The predicted octanol–water partition coefficient (Wildman–Crippen LogP) is 4.21. The van der Waals surface area contributed by atoms with Crippen molar-refractivity contribution in [1.82, 2.24) is 4.98 Å². The van der Waals surface area contributed by atoms with Crippen molar-refractivity contribution in [3.8, 4) is 0 Å². The summed E-state index contributed by atoms with van der Waals surface area (Å²) in [4.78, 5) is 29.1. The van der Waals surface area contributed by atoms with Gasteiger partial charge in [-0.15, -0.1) is 11.3 Å². The molecular formula is C20H17NO3S. The van der Waals surface area contributed by atoms with Gasteiger partial charge in [0.2, 0.25) is 5.78 Å². The maximum Gasteiger partial charge on any atom is 0.338 e. The lowest BCUT2D eigenvalue weighted by molar-refractivity contribution is 0.0319. The normalized spacial score (nSPS) is 14.3. The molecule has 0 amide bonds. The van der Waals surface area contributed by atoms with Gasteiger partial charge >= 0.3 is 5.97 Å². The molecule has 5 heteroatoms. The van der Waals surface area contributed by atoms with Gasteiger partial charge in [-0.25, -0.2) is 9.78 Å². The van der Waals surface area contributed by atoms with Gasteiger partial charge in [0.1, 0.15) is 0 Å². The zero-order valence-electron chi connectivity index (χ0n) is 13.8. The summed E-state index contributed by atoms with van der Waals surface area (Å²) in [6.45, 7) is 1.62. The van der Waals surface area contributed by atoms with Gasteiger partial charge in [-0.05, 0) is 61.6 Å². The van der Waals surface area contributed by atoms with Gasteiger partial charge in [-0.2, -0.15) is 0 Å². The van der Waals surface area contributed by atoms with Crippen molar-refractivity contribution in [3.05, 3.63) is 64.2 Å². The highest BCUT2D eigenvalue weighted by Gasteiger charge is 2.22. The molecule has 0 radical (unpaired) electrons. The maximum atomic E-state index is 12.6. The summed E-state index contributed by atoms with van der Waals surface area (Å²) in [6.07, 6.45) is 2.41. The monoisotopic (exact) mass is 351 g/mol. The molecule has 1 aliphatic rings. The van der Waals surface area contributed by atoms with E-state index in [-0.39, 0.29) is 5.78 Å². The summed E-state index contributed by atoms with van der Waals surface area (Å²) in [5.74, 6) is -0.653. The summed E-state index contributed by atoms with van der Waals surface area (Å²) in [5, 5.41) is 0. The first-order chi connectivity index (χ1) is 12.1. The van der Waals surface area contributed by atoms with Crippen LogP contribution in [0.1, 0.15) is 45.2 Å². The highest BCUT2D eigenvalue weighted by Crippen LogP contribution is 2.24. The first-order valence-corrected chi connectivity index (χ1v) is 9.20. The van der Waals surface area contributed by atoms with Gasteiger partial charge in [0.05, 0.1) is 21.3 Å². The van der Waals surface area contributed by atoms with E-state index in [2.05, 4.69) is 4.98 Å². The van der Waals surface area contributed by atoms with Gasteiger partial charge in [-0.1, -0.05) is 12.1 Å². The number of hydrogen-bond donors (Lipinski definition) is 0. The van der Waals surface area contributed by atoms with Crippen LogP contribution in [0.4, 0.5) is 0 Å². The molecule has 3 aromatic rings. The lowest BCUT2D eigenvalue weighted by Gasteiger charge is -2.13. The van der Waals surface area contributed by atoms with Crippen LogP contribution in [0.25, 0.3) is 10.2 Å². The molecule has 0 spiro atoms. The Hall–Kier alpha value is -2.53. The number of rotatable bonds is 4. The number of benzene rings is 2. The average molecular weight is 351 g/mol. The van der Waals surface area contributed by atoms with Crippen molar-refractivity contribution in [3.63, 3.8) is 0 Å². The Balaban J connectivity index is 1.49. The zero-order chi connectivity index (χ0) is 17.4. The third-order valence-corrected chi connectivity index (χ3v) is 5.39. The highest BCUT2D eigenvalue weighted by molar-refractivity contribution is 7.16. The molecule has 0 N–H and O–H groups in total. The lowest BCUT2D eigenvalue weighted by atomic mass is 10.0. The number of carbonyl (C=O) groups is 2. The van der Waals surface area contributed by atoms with E-state index in [0.717, 1.165) is 29.5 Å². The standard InChI is InChI=1S/C20H17NO3S/c1-12(19(22)15-6-5-13-3-2-4-14(13)9-15)24-20(23)16-7-8-17-18(10-16)25-11-21-17/h5-12H,2-4H2,1H3/t12-/m1/s1. The summed E-state index contributed by atoms with van der Waals surface area (Å²) >= 11 is 1.47. The maximum absolute atomic E-state index is 12.6. The smallest absolute Gasteiger partial charge is 0.338 e. The molecule has 126 valence electrons. The summed E-state index contributed by atoms with van der Waals surface area (Å²) in [6, 6.07) is 11.0. The topological polar surface area (TPSA) is 56.3 Å². The lowest BCUT2D eigenvalue weighted by Crippen LogP contribution is -2.24. The van der Waals surface area contributed by atoms with Gasteiger partial charge < -0.3 is 4.74 Å². The van der Waals surface area contributed by atoms with E-state index in [9.17, 15) is 9.59 Å². The van der Waals surface area contributed by atoms with Gasteiger partial charge in [0.15, 0.2) is 6.10 Å². The number of hydrogen-bond acceptors (Lipinski definition) is 5. The molecule has 25 heavy (non-hydrogen) atoms. The molecule has 0 fully saturated rings. The van der Waals surface area contributed by atoms with Crippen LogP contribution < -0.4 is 0 Å². The molecule has 0 saturated carbocycles. The fourth-order valence-electron chi connectivity index (χ4n) is 3.22. The van der Waals surface area contributed by atoms with Crippen LogP contribution in [0, 0.1) is 0 Å². The fraction of sp³-hybridized carbons (Fsp3) is 0.250. The number of ketones is 1. The second kappa shape index (κ2) is 6.41. The molecule has 1 heterocycles. The largest absolute Gasteiger partial charge is 0.451 e. The number of esters is 1. The number of aromatic nitrogens is 1. The molecule has 1 aromatic heterocycles. The van der Waals surface area contributed by atoms with Crippen molar-refractivity contribution in [1.29, 1.82) is 0 Å². The first-order valence-electron chi connectivity index (χ1n) is 8.32. The Morgan fingerprint density at radius 1 is 1.08 bits per heavy atom. The Kier molecular flexibility index (Phi) is 4.09. The van der Waals surface area contributed by atoms with E-state index >= 15 is 0 Å². The van der Waals surface area contributed by atoms with E-state index in [1.807, 2.05) is 18.2 Å². The number of Topliss-reactive ketones (excluding diaryl/α,β-unsaturated/α-hetero) is 1. The Morgan fingerprint density at radius 3 is 2.76 bits per heavy atom. The number of carbonyl (C=O) groups excluding carboxylic acids is 2. The molecule has 0 unspecified atom stereocenters. The highest BCUT2D eigenvalue weighted by atomic mass is 32.1. The van der Waals surface area contributed by atoms with E-state index in [1.165, 1.54) is 22.5 Å². The fourth-order valence-corrected chi connectivity index (χ4v) is 3.94. The second-order valence-corrected chi connectivity index (χ2v) is 7.17. The Morgan fingerprint density at radius 2 is 1.88 bits per heavy atom. The zero-order valence-corrected chi connectivity index (χ0v) is 14.6.